The molecular formula is C12H22N2O. The van der Waals surface area contributed by atoms with E-state index in [0.717, 1.165) is 12.8 Å². The zero-order valence-corrected chi connectivity index (χ0v) is 9.78. The Morgan fingerprint density at radius 2 is 2.07 bits per heavy atom. The number of amides is 1. The largest absolute Gasteiger partial charge is 0.336 e. The fraction of sp³-hybridized carbons (Fsp3) is 0.750. The van der Waals surface area contributed by atoms with E-state index in [1.807, 2.05) is 4.90 Å². The van der Waals surface area contributed by atoms with Crippen molar-refractivity contribution >= 4 is 5.91 Å². The third-order valence-electron chi connectivity index (χ3n) is 3.19. The van der Waals surface area contributed by atoms with Crippen LogP contribution in [0, 0.1) is 0 Å². The van der Waals surface area contributed by atoms with Crippen LogP contribution in [0.5, 0.6) is 0 Å². The molecule has 1 fully saturated rings. The zero-order valence-electron chi connectivity index (χ0n) is 9.78. The molecule has 15 heavy (non-hydrogen) atoms. The molecule has 1 unspecified atom stereocenters. The summed E-state index contributed by atoms with van der Waals surface area (Å²) in [6, 6.07) is 0.250. The standard InChI is InChI=1S/C12H22N2O/c1-4-6-11(13)12(15)14-9(2)7-5-8-10(14)3/h4,9-11H,1,5-8,13H2,2-3H3/t9-,10+,11?. The Hall–Kier alpha value is -0.830. The van der Waals surface area contributed by atoms with E-state index >= 15 is 0 Å². The van der Waals surface area contributed by atoms with Crippen molar-refractivity contribution in [3.63, 3.8) is 0 Å². The molecular weight excluding hydrogens is 188 g/mol. The minimum Gasteiger partial charge on any atom is -0.336 e. The van der Waals surface area contributed by atoms with Crippen LogP contribution < -0.4 is 5.73 Å². The van der Waals surface area contributed by atoms with Gasteiger partial charge in [0.2, 0.25) is 5.91 Å². The van der Waals surface area contributed by atoms with Gasteiger partial charge in [0.1, 0.15) is 0 Å². The second-order valence-corrected chi connectivity index (χ2v) is 4.51. The molecule has 0 radical (unpaired) electrons. The summed E-state index contributed by atoms with van der Waals surface area (Å²) in [6.07, 6.45) is 5.67. The Balaban J connectivity index is 2.66. The van der Waals surface area contributed by atoms with E-state index in [2.05, 4.69) is 20.4 Å². The fourth-order valence-electron chi connectivity index (χ4n) is 2.33. The molecule has 1 amide bonds. The van der Waals surface area contributed by atoms with Crippen LogP contribution in [0.2, 0.25) is 0 Å². The van der Waals surface area contributed by atoms with Crippen molar-refractivity contribution < 1.29 is 4.79 Å². The maximum atomic E-state index is 12.1. The topological polar surface area (TPSA) is 46.3 Å². The highest BCUT2D eigenvalue weighted by Gasteiger charge is 2.31. The molecule has 1 heterocycles. The molecule has 1 aliphatic heterocycles. The Morgan fingerprint density at radius 3 is 2.53 bits per heavy atom. The van der Waals surface area contributed by atoms with E-state index in [4.69, 9.17) is 5.73 Å². The van der Waals surface area contributed by atoms with Gasteiger partial charge < -0.3 is 10.6 Å². The van der Waals surface area contributed by atoms with Crippen LogP contribution in [-0.4, -0.2) is 28.9 Å². The molecule has 3 heteroatoms. The summed E-state index contributed by atoms with van der Waals surface area (Å²) in [6.45, 7) is 7.83. The molecule has 0 aromatic rings. The van der Waals surface area contributed by atoms with Gasteiger partial charge in [-0.1, -0.05) is 6.08 Å². The van der Waals surface area contributed by atoms with E-state index in [9.17, 15) is 4.79 Å². The number of carbonyl (C=O) groups excluding carboxylic acids is 1. The highest BCUT2D eigenvalue weighted by molar-refractivity contribution is 5.82. The third kappa shape index (κ3) is 2.81. The van der Waals surface area contributed by atoms with Gasteiger partial charge in [-0.3, -0.25) is 4.79 Å². The van der Waals surface area contributed by atoms with Crippen LogP contribution in [0.15, 0.2) is 12.7 Å². The van der Waals surface area contributed by atoms with Crippen molar-refractivity contribution in [1.29, 1.82) is 0 Å². The van der Waals surface area contributed by atoms with Crippen molar-refractivity contribution in [1.82, 2.24) is 4.90 Å². The minimum atomic E-state index is -0.412. The molecule has 0 saturated carbocycles. The quantitative estimate of drug-likeness (QED) is 0.720. The minimum absolute atomic E-state index is 0.0783. The predicted molar refractivity (Wildman–Crippen MR) is 62.4 cm³/mol. The predicted octanol–water partition coefficient (Wildman–Crippen LogP) is 1.68. The second-order valence-electron chi connectivity index (χ2n) is 4.51. The van der Waals surface area contributed by atoms with Crippen LogP contribution in [-0.2, 0) is 4.79 Å². The third-order valence-corrected chi connectivity index (χ3v) is 3.19. The summed E-state index contributed by atoms with van der Waals surface area (Å²) >= 11 is 0. The Bertz CT molecular complexity index is 230. The SMILES string of the molecule is C=CCC(N)C(=O)N1[C@H](C)CCC[C@@H]1C. The van der Waals surface area contributed by atoms with Crippen LogP contribution >= 0.6 is 0 Å². The van der Waals surface area contributed by atoms with E-state index in [0.29, 0.717) is 18.5 Å². The van der Waals surface area contributed by atoms with Crippen molar-refractivity contribution in [3.05, 3.63) is 12.7 Å². The summed E-state index contributed by atoms with van der Waals surface area (Å²) in [5.41, 5.74) is 5.82. The van der Waals surface area contributed by atoms with Crippen molar-refractivity contribution in [2.45, 2.75) is 57.7 Å². The first-order valence-corrected chi connectivity index (χ1v) is 5.76. The molecule has 3 nitrogen and oxygen atoms in total. The highest BCUT2D eigenvalue weighted by Crippen LogP contribution is 2.23. The number of piperidine rings is 1. The smallest absolute Gasteiger partial charge is 0.240 e. The molecule has 0 aromatic carbocycles. The van der Waals surface area contributed by atoms with Crippen molar-refractivity contribution in [3.8, 4) is 0 Å². The summed E-state index contributed by atoms with van der Waals surface area (Å²) in [7, 11) is 0. The van der Waals surface area contributed by atoms with Crippen LogP contribution in [0.4, 0.5) is 0 Å². The maximum Gasteiger partial charge on any atom is 0.240 e. The van der Waals surface area contributed by atoms with Gasteiger partial charge in [-0.2, -0.15) is 0 Å². The first-order chi connectivity index (χ1) is 7.07. The number of hydrogen-bond acceptors (Lipinski definition) is 2. The summed E-state index contributed by atoms with van der Waals surface area (Å²) < 4.78 is 0. The molecule has 0 bridgehead atoms. The lowest BCUT2D eigenvalue weighted by Crippen LogP contribution is -2.53. The monoisotopic (exact) mass is 210 g/mol. The lowest BCUT2D eigenvalue weighted by atomic mass is 9.96. The lowest BCUT2D eigenvalue weighted by molar-refractivity contribution is -0.138. The van der Waals surface area contributed by atoms with E-state index < -0.39 is 6.04 Å². The molecule has 86 valence electrons. The van der Waals surface area contributed by atoms with Gasteiger partial charge in [0.15, 0.2) is 0 Å². The van der Waals surface area contributed by atoms with E-state index in [-0.39, 0.29) is 5.91 Å². The number of rotatable bonds is 3. The van der Waals surface area contributed by atoms with Gasteiger partial charge in [0.25, 0.3) is 0 Å². The first-order valence-electron chi connectivity index (χ1n) is 5.76. The van der Waals surface area contributed by atoms with Crippen molar-refractivity contribution in [2.75, 3.05) is 0 Å². The second kappa shape index (κ2) is 5.31. The lowest BCUT2D eigenvalue weighted by Gasteiger charge is -2.40. The number of nitrogens with two attached hydrogens (primary N) is 1. The molecule has 2 N–H and O–H groups in total. The van der Waals surface area contributed by atoms with Gasteiger partial charge >= 0.3 is 0 Å². The van der Waals surface area contributed by atoms with Gasteiger partial charge in [0, 0.05) is 12.1 Å². The summed E-state index contributed by atoms with van der Waals surface area (Å²) in [4.78, 5) is 14.0. The molecule has 1 saturated heterocycles. The van der Waals surface area contributed by atoms with Gasteiger partial charge in [-0.05, 0) is 39.5 Å². The van der Waals surface area contributed by atoms with Crippen molar-refractivity contribution in [2.24, 2.45) is 5.73 Å². The number of carbonyl (C=O) groups is 1. The molecule has 0 aromatic heterocycles. The Kier molecular flexibility index (Phi) is 4.33. The number of nitrogens with zero attached hydrogens (tertiary/aromatic N) is 1. The Labute approximate surface area is 92.3 Å². The van der Waals surface area contributed by atoms with Gasteiger partial charge in [-0.25, -0.2) is 0 Å². The average Bonchev–Trinajstić information content (AvgIpc) is 2.17. The number of likely N-dealkylation sites (tertiary alicyclic amines) is 1. The average molecular weight is 210 g/mol. The van der Waals surface area contributed by atoms with Crippen LogP contribution in [0.1, 0.15) is 39.5 Å². The Morgan fingerprint density at radius 1 is 1.53 bits per heavy atom. The molecule has 1 aliphatic rings. The van der Waals surface area contributed by atoms with Crippen LogP contribution in [0.25, 0.3) is 0 Å². The van der Waals surface area contributed by atoms with E-state index in [1.54, 1.807) is 6.08 Å². The normalized spacial score (nSPS) is 28.6. The van der Waals surface area contributed by atoms with Gasteiger partial charge in [-0.15, -0.1) is 6.58 Å². The molecule has 0 spiro atoms. The first kappa shape index (κ1) is 12.2. The maximum absolute atomic E-state index is 12.1. The summed E-state index contributed by atoms with van der Waals surface area (Å²) in [5.74, 6) is 0.0783. The highest BCUT2D eigenvalue weighted by atomic mass is 16.2. The molecule has 1 rings (SSSR count). The molecule has 0 aliphatic carbocycles. The zero-order chi connectivity index (χ0) is 11.4. The van der Waals surface area contributed by atoms with Crippen LogP contribution in [0.3, 0.4) is 0 Å². The fourth-order valence-corrected chi connectivity index (χ4v) is 2.33. The van der Waals surface area contributed by atoms with E-state index in [1.165, 1.54) is 6.42 Å². The van der Waals surface area contributed by atoms with Gasteiger partial charge in [0.05, 0.1) is 6.04 Å². The summed E-state index contributed by atoms with van der Waals surface area (Å²) in [5, 5.41) is 0. The number of hydrogen-bond donors (Lipinski definition) is 1. The molecule has 3 atom stereocenters.